The summed E-state index contributed by atoms with van der Waals surface area (Å²) in [5.41, 5.74) is 3.52. The van der Waals surface area contributed by atoms with Crippen LogP contribution in [0.25, 0.3) is 0 Å². The molecule has 0 bridgehead atoms. The van der Waals surface area contributed by atoms with Gasteiger partial charge in [-0.1, -0.05) is 37.3 Å². The monoisotopic (exact) mass is 423 g/mol. The highest BCUT2D eigenvalue weighted by molar-refractivity contribution is 7.89. The standard InChI is InChI=1S/C23H25N3O3S/c1-3-25-30(28,29)22-12-10-20(11-13-22)23(27)26(16-19-8-6-14-24-15-19)17-21-9-5-4-7-18(21)2/h4-15,25H,3,16-17H2,1-2H3. The van der Waals surface area contributed by atoms with E-state index in [1.165, 1.54) is 12.1 Å². The van der Waals surface area contributed by atoms with Gasteiger partial charge < -0.3 is 4.90 Å². The molecule has 0 unspecified atom stereocenters. The van der Waals surface area contributed by atoms with E-state index in [0.717, 1.165) is 16.7 Å². The highest BCUT2D eigenvalue weighted by atomic mass is 32.2. The molecule has 1 heterocycles. The van der Waals surface area contributed by atoms with E-state index < -0.39 is 10.0 Å². The molecule has 156 valence electrons. The van der Waals surface area contributed by atoms with Crippen LogP contribution in [0.2, 0.25) is 0 Å². The van der Waals surface area contributed by atoms with Crippen molar-refractivity contribution in [2.45, 2.75) is 31.8 Å². The number of hydrogen-bond acceptors (Lipinski definition) is 4. The Morgan fingerprint density at radius 1 is 1.00 bits per heavy atom. The van der Waals surface area contributed by atoms with Gasteiger partial charge in [-0.25, -0.2) is 13.1 Å². The van der Waals surface area contributed by atoms with Crippen LogP contribution in [0.3, 0.4) is 0 Å². The van der Waals surface area contributed by atoms with Gasteiger partial charge in [0.05, 0.1) is 4.90 Å². The summed E-state index contributed by atoms with van der Waals surface area (Å²) in [7, 11) is -3.56. The second kappa shape index (κ2) is 9.65. The molecule has 0 aliphatic rings. The van der Waals surface area contributed by atoms with Crippen molar-refractivity contribution >= 4 is 15.9 Å². The van der Waals surface area contributed by atoms with Crippen LogP contribution in [0.15, 0.2) is 78.0 Å². The van der Waals surface area contributed by atoms with Crippen molar-refractivity contribution in [2.75, 3.05) is 6.54 Å². The second-order valence-corrected chi connectivity index (χ2v) is 8.74. The van der Waals surface area contributed by atoms with E-state index in [4.69, 9.17) is 0 Å². The van der Waals surface area contributed by atoms with Crippen LogP contribution >= 0.6 is 0 Å². The third kappa shape index (κ3) is 5.31. The topological polar surface area (TPSA) is 79.4 Å². The van der Waals surface area contributed by atoms with E-state index in [-0.39, 0.29) is 10.8 Å². The highest BCUT2D eigenvalue weighted by Crippen LogP contribution is 2.18. The Balaban J connectivity index is 1.88. The minimum Gasteiger partial charge on any atom is -0.330 e. The van der Waals surface area contributed by atoms with Gasteiger partial charge in [0.2, 0.25) is 10.0 Å². The van der Waals surface area contributed by atoms with Gasteiger partial charge in [-0.2, -0.15) is 0 Å². The predicted octanol–water partition coefficient (Wildman–Crippen LogP) is 3.53. The quantitative estimate of drug-likeness (QED) is 0.601. The molecular weight excluding hydrogens is 398 g/mol. The Morgan fingerprint density at radius 2 is 1.73 bits per heavy atom. The minimum absolute atomic E-state index is 0.138. The smallest absolute Gasteiger partial charge is 0.254 e. The Bertz CT molecular complexity index is 1100. The number of sulfonamides is 1. The Hall–Kier alpha value is -3.03. The molecule has 0 aliphatic carbocycles. The maximum Gasteiger partial charge on any atom is 0.254 e. The minimum atomic E-state index is -3.56. The Morgan fingerprint density at radius 3 is 2.37 bits per heavy atom. The van der Waals surface area contributed by atoms with Crippen LogP contribution in [-0.4, -0.2) is 30.8 Å². The van der Waals surface area contributed by atoms with Gasteiger partial charge in [-0.15, -0.1) is 0 Å². The summed E-state index contributed by atoms with van der Waals surface area (Å²) >= 11 is 0. The van der Waals surface area contributed by atoms with Crippen molar-refractivity contribution in [3.8, 4) is 0 Å². The fourth-order valence-corrected chi connectivity index (χ4v) is 4.18. The largest absolute Gasteiger partial charge is 0.330 e. The van der Waals surface area contributed by atoms with Gasteiger partial charge in [0.25, 0.3) is 5.91 Å². The number of benzene rings is 2. The van der Waals surface area contributed by atoms with Gasteiger partial charge >= 0.3 is 0 Å². The molecule has 1 aromatic heterocycles. The Kier molecular flexibility index (Phi) is 6.97. The molecule has 0 atom stereocenters. The van der Waals surface area contributed by atoms with Crippen molar-refractivity contribution in [3.63, 3.8) is 0 Å². The van der Waals surface area contributed by atoms with Gasteiger partial charge in [-0.05, 0) is 53.9 Å². The molecule has 0 spiro atoms. The van der Waals surface area contributed by atoms with Gasteiger partial charge in [0, 0.05) is 37.6 Å². The zero-order valence-corrected chi connectivity index (χ0v) is 17.9. The number of hydrogen-bond donors (Lipinski definition) is 1. The van der Waals surface area contributed by atoms with E-state index in [1.807, 2.05) is 43.3 Å². The van der Waals surface area contributed by atoms with Crippen LogP contribution in [0.4, 0.5) is 0 Å². The first-order valence-corrected chi connectivity index (χ1v) is 11.2. The Labute approximate surface area is 177 Å². The molecule has 7 heteroatoms. The summed E-state index contributed by atoms with van der Waals surface area (Å²) in [5, 5.41) is 0. The van der Waals surface area contributed by atoms with Crippen molar-refractivity contribution in [2.24, 2.45) is 0 Å². The fourth-order valence-electron chi connectivity index (χ4n) is 3.14. The molecular formula is C23H25N3O3S. The van der Waals surface area contributed by atoms with E-state index in [2.05, 4.69) is 9.71 Å². The molecule has 0 saturated heterocycles. The maximum atomic E-state index is 13.3. The van der Waals surface area contributed by atoms with Crippen LogP contribution in [0.5, 0.6) is 0 Å². The van der Waals surface area contributed by atoms with Crippen LogP contribution < -0.4 is 4.72 Å². The number of pyridine rings is 1. The number of aromatic nitrogens is 1. The summed E-state index contributed by atoms with van der Waals surface area (Å²) in [6, 6.07) is 17.7. The summed E-state index contributed by atoms with van der Waals surface area (Å²) in [5.74, 6) is -0.172. The van der Waals surface area contributed by atoms with Crippen molar-refractivity contribution in [1.82, 2.24) is 14.6 Å². The van der Waals surface area contributed by atoms with E-state index in [1.54, 1.807) is 36.4 Å². The first-order chi connectivity index (χ1) is 14.4. The molecule has 3 rings (SSSR count). The normalized spacial score (nSPS) is 11.3. The summed E-state index contributed by atoms with van der Waals surface area (Å²) in [4.78, 5) is 19.3. The zero-order valence-electron chi connectivity index (χ0n) is 17.1. The van der Waals surface area contributed by atoms with E-state index in [0.29, 0.717) is 25.2 Å². The summed E-state index contributed by atoms with van der Waals surface area (Å²) in [6.45, 7) is 4.88. The molecule has 3 aromatic rings. The van der Waals surface area contributed by atoms with E-state index >= 15 is 0 Å². The molecule has 0 aliphatic heterocycles. The average Bonchev–Trinajstić information content (AvgIpc) is 2.75. The first kappa shape index (κ1) is 21.7. The highest BCUT2D eigenvalue weighted by Gasteiger charge is 2.19. The number of nitrogens with zero attached hydrogens (tertiary/aromatic N) is 2. The lowest BCUT2D eigenvalue weighted by Crippen LogP contribution is -2.30. The van der Waals surface area contributed by atoms with Crippen LogP contribution in [0, 0.1) is 6.92 Å². The third-order valence-corrected chi connectivity index (χ3v) is 6.31. The van der Waals surface area contributed by atoms with E-state index in [9.17, 15) is 13.2 Å². The molecule has 1 amide bonds. The number of nitrogens with one attached hydrogen (secondary N) is 1. The lowest BCUT2D eigenvalue weighted by Gasteiger charge is -2.24. The van der Waals surface area contributed by atoms with Gasteiger partial charge in [0.1, 0.15) is 0 Å². The molecule has 0 saturated carbocycles. The maximum absolute atomic E-state index is 13.3. The zero-order chi connectivity index (χ0) is 21.6. The molecule has 0 fully saturated rings. The van der Waals surface area contributed by atoms with Crippen LogP contribution in [0.1, 0.15) is 34.0 Å². The van der Waals surface area contributed by atoms with Crippen molar-refractivity contribution in [1.29, 1.82) is 0 Å². The molecule has 2 aromatic carbocycles. The molecule has 1 N–H and O–H groups in total. The number of rotatable bonds is 8. The lowest BCUT2D eigenvalue weighted by molar-refractivity contribution is 0.0729. The van der Waals surface area contributed by atoms with Crippen molar-refractivity contribution in [3.05, 3.63) is 95.3 Å². The third-order valence-electron chi connectivity index (χ3n) is 4.75. The predicted molar refractivity (Wildman–Crippen MR) is 116 cm³/mol. The number of amides is 1. The van der Waals surface area contributed by atoms with Gasteiger partial charge in [-0.3, -0.25) is 9.78 Å². The summed E-state index contributed by atoms with van der Waals surface area (Å²) in [6.07, 6.45) is 3.44. The average molecular weight is 424 g/mol. The van der Waals surface area contributed by atoms with Crippen LogP contribution in [-0.2, 0) is 23.1 Å². The molecule has 6 nitrogen and oxygen atoms in total. The summed E-state index contributed by atoms with van der Waals surface area (Å²) < 4.78 is 26.8. The SMILES string of the molecule is CCNS(=O)(=O)c1ccc(C(=O)N(Cc2cccnc2)Cc2ccccc2C)cc1. The lowest BCUT2D eigenvalue weighted by atomic mass is 10.1. The first-order valence-electron chi connectivity index (χ1n) is 9.73. The number of aryl methyl sites for hydroxylation is 1. The molecule has 0 radical (unpaired) electrons. The van der Waals surface area contributed by atoms with Gasteiger partial charge in [0.15, 0.2) is 0 Å². The number of carbonyl (C=O) groups excluding carboxylic acids is 1. The fraction of sp³-hybridized carbons (Fsp3) is 0.217. The number of carbonyl (C=O) groups is 1. The van der Waals surface area contributed by atoms with Crippen molar-refractivity contribution < 1.29 is 13.2 Å². The second-order valence-electron chi connectivity index (χ2n) is 6.97. The molecule has 30 heavy (non-hydrogen) atoms.